The van der Waals surface area contributed by atoms with Crippen molar-refractivity contribution < 1.29 is 9.59 Å². The third kappa shape index (κ3) is 6.59. The third-order valence-electron chi connectivity index (χ3n) is 4.01. The lowest BCUT2D eigenvalue weighted by atomic mass is 10.2. The summed E-state index contributed by atoms with van der Waals surface area (Å²) in [5, 5.41) is 8.13. The quantitative estimate of drug-likeness (QED) is 0.482. The van der Waals surface area contributed by atoms with Gasteiger partial charge < -0.3 is 10.6 Å². The highest BCUT2D eigenvalue weighted by Gasteiger charge is 2.11. The van der Waals surface area contributed by atoms with Crippen LogP contribution in [0.25, 0.3) is 0 Å². The molecule has 0 radical (unpaired) electrons. The zero-order chi connectivity index (χ0) is 20.8. The van der Waals surface area contributed by atoms with Gasteiger partial charge in [0.2, 0.25) is 11.8 Å². The number of nitrogens with one attached hydrogen (secondary N) is 2. The zero-order valence-electron chi connectivity index (χ0n) is 16.0. The van der Waals surface area contributed by atoms with E-state index in [1.165, 1.54) is 23.1 Å². The lowest BCUT2D eigenvalue weighted by molar-refractivity contribution is -0.116. The van der Waals surface area contributed by atoms with Gasteiger partial charge in [0, 0.05) is 21.8 Å². The Morgan fingerprint density at radius 1 is 1.07 bits per heavy atom. The van der Waals surface area contributed by atoms with Crippen LogP contribution >= 0.6 is 34.7 Å². The summed E-state index contributed by atoms with van der Waals surface area (Å²) < 4.78 is 0.755. The molecule has 2 amide bonds. The molecule has 2 N–H and O–H groups in total. The van der Waals surface area contributed by atoms with Gasteiger partial charge in [0.1, 0.15) is 0 Å². The van der Waals surface area contributed by atoms with Gasteiger partial charge in [-0.05, 0) is 43.7 Å². The van der Waals surface area contributed by atoms with Gasteiger partial charge in [0.15, 0.2) is 4.34 Å². The van der Waals surface area contributed by atoms with Crippen LogP contribution in [0.15, 0.2) is 52.2 Å². The highest BCUT2D eigenvalue weighted by Crippen LogP contribution is 2.24. The van der Waals surface area contributed by atoms with Gasteiger partial charge in [0.05, 0.1) is 17.9 Å². The van der Waals surface area contributed by atoms with E-state index in [0.717, 1.165) is 21.2 Å². The van der Waals surface area contributed by atoms with E-state index in [1.54, 1.807) is 12.1 Å². The second-order valence-electron chi connectivity index (χ2n) is 6.49. The Kier molecular flexibility index (Phi) is 7.30. The number of amides is 2. The number of carbonyl (C=O) groups excluding carboxylic acids is 2. The van der Waals surface area contributed by atoms with Crippen molar-refractivity contribution in [1.29, 1.82) is 0 Å². The number of carbonyl (C=O) groups is 2. The molecule has 8 heteroatoms. The number of thiazole rings is 1. The standard InChI is InChI=1S/C21H20ClN3O2S2/c1-13-3-7-16(8-4-13)23-20(27)12-29-21-24-17(11-28-21)10-19(26)25-18-9-15(22)6-5-14(18)2/h3-9,11H,10,12H2,1-2H3,(H,23,27)(H,25,26). The molecule has 0 aliphatic heterocycles. The minimum absolute atomic E-state index is 0.0928. The molecular weight excluding hydrogens is 426 g/mol. The Balaban J connectivity index is 1.48. The Bertz CT molecular complexity index is 1020. The largest absolute Gasteiger partial charge is 0.325 e. The van der Waals surface area contributed by atoms with Gasteiger partial charge in [-0.2, -0.15) is 0 Å². The number of aryl methyl sites for hydroxylation is 2. The van der Waals surface area contributed by atoms with Gasteiger partial charge >= 0.3 is 0 Å². The number of hydrogen-bond acceptors (Lipinski definition) is 5. The molecule has 0 atom stereocenters. The second-order valence-corrected chi connectivity index (χ2v) is 9.01. The summed E-state index contributed by atoms with van der Waals surface area (Å²) in [7, 11) is 0. The minimum atomic E-state index is -0.158. The van der Waals surface area contributed by atoms with Crippen LogP contribution in [0.5, 0.6) is 0 Å². The average Bonchev–Trinajstić information content (AvgIpc) is 3.12. The Labute approximate surface area is 182 Å². The molecule has 1 aromatic heterocycles. The van der Waals surface area contributed by atoms with Crippen LogP contribution in [0.4, 0.5) is 11.4 Å². The SMILES string of the molecule is Cc1ccc(NC(=O)CSc2nc(CC(=O)Nc3cc(Cl)ccc3C)cs2)cc1. The molecule has 0 spiro atoms. The number of anilines is 2. The second kappa shape index (κ2) is 9.91. The molecule has 5 nitrogen and oxygen atoms in total. The molecule has 0 saturated carbocycles. The van der Waals surface area contributed by atoms with Gasteiger partial charge in [0.25, 0.3) is 0 Å². The third-order valence-corrected chi connectivity index (χ3v) is 6.31. The molecule has 1 heterocycles. The molecule has 0 bridgehead atoms. The van der Waals surface area contributed by atoms with Crippen LogP contribution < -0.4 is 10.6 Å². The molecule has 0 saturated heterocycles. The highest BCUT2D eigenvalue weighted by atomic mass is 35.5. The summed E-state index contributed by atoms with van der Waals surface area (Å²) in [5.74, 6) is 0.00784. The van der Waals surface area contributed by atoms with Crippen LogP contribution in [0, 0.1) is 13.8 Å². The van der Waals surface area contributed by atoms with Crippen molar-refractivity contribution in [2.45, 2.75) is 24.6 Å². The fourth-order valence-electron chi connectivity index (χ4n) is 2.48. The number of benzene rings is 2. The van der Waals surface area contributed by atoms with Crippen LogP contribution in [0.3, 0.4) is 0 Å². The molecule has 150 valence electrons. The maximum Gasteiger partial charge on any atom is 0.234 e. The molecule has 0 aliphatic carbocycles. The number of rotatable bonds is 7. The first-order chi connectivity index (χ1) is 13.9. The van der Waals surface area contributed by atoms with E-state index in [1.807, 2.05) is 49.6 Å². The number of halogens is 1. The Morgan fingerprint density at radius 3 is 2.59 bits per heavy atom. The Morgan fingerprint density at radius 2 is 1.83 bits per heavy atom. The van der Waals surface area contributed by atoms with Crippen LogP contribution in [-0.4, -0.2) is 22.6 Å². The van der Waals surface area contributed by atoms with E-state index in [-0.39, 0.29) is 24.0 Å². The maximum absolute atomic E-state index is 12.3. The molecule has 29 heavy (non-hydrogen) atoms. The summed E-state index contributed by atoms with van der Waals surface area (Å²) in [4.78, 5) is 28.8. The number of aromatic nitrogens is 1. The normalized spacial score (nSPS) is 10.6. The van der Waals surface area contributed by atoms with Crippen molar-refractivity contribution in [2.75, 3.05) is 16.4 Å². The molecule has 2 aromatic carbocycles. The molecule has 0 unspecified atom stereocenters. The monoisotopic (exact) mass is 445 g/mol. The number of hydrogen-bond donors (Lipinski definition) is 2. The Hall–Kier alpha value is -2.35. The van der Waals surface area contributed by atoms with E-state index in [2.05, 4.69) is 15.6 Å². The first kappa shape index (κ1) is 21.4. The van der Waals surface area contributed by atoms with Crippen LogP contribution in [-0.2, 0) is 16.0 Å². The lowest BCUT2D eigenvalue weighted by Crippen LogP contribution is -2.15. The van der Waals surface area contributed by atoms with Crippen molar-refractivity contribution in [3.8, 4) is 0 Å². The maximum atomic E-state index is 12.3. The smallest absolute Gasteiger partial charge is 0.234 e. The van der Waals surface area contributed by atoms with E-state index in [4.69, 9.17) is 11.6 Å². The predicted octanol–water partition coefficient (Wildman–Crippen LogP) is 5.33. The highest BCUT2D eigenvalue weighted by molar-refractivity contribution is 8.01. The van der Waals surface area contributed by atoms with Crippen LogP contribution in [0.1, 0.15) is 16.8 Å². The van der Waals surface area contributed by atoms with Crippen LogP contribution in [0.2, 0.25) is 5.02 Å². The van der Waals surface area contributed by atoms with Crippen molar-refractivity contribution in [3.63, 3.8) is 0 Å². The minimum Gasteiger partial charge on any atom is -0.325 e. The average molecular weight is 446 g/mol. The van der Waals surface area contributed by atoms with Gasteiger partial charge in [-0.15, -0.1) is 11.3 Å². The van der Waals surface area contributed by atoms with E-state index >= 15 is 0 Å². The summed E-state index contributed by atoms with van der Waals surface area (Å²) >= 11 is 8.76. The number of thioether (sulfide) groups is 1. The van der Waals surface area contributed by atoms with Crippen molar-refractivity contribution in [1.82, 2.24) is 4.98 Å². The fraction of sp³-hybridized carbons (Fsp3) is 0.190. The van der Waals surface area contributed by atoms with Crippen molar-refractivity contribution in [2.24, 2.45) is 0 Å². The van der Waals surface area contributed by atoms with E-state index in [9.17, 15) is 9.59 Å². The fourth-order valence-corrected chi connectivity index (χ4v) is 4.30. The zero-order valence-corrected chi connectivity index (χ0v) is 18.4. The summed E-state index contributed by atoms with van der Waals surface area (Å²) in [5.41, 5.74) is 4.22. The predicted molar refractivity (Wildman–Crippen MR) is 121 cm³/mol. The first-order valence-corrected chi connectivity index (χ1v) is 11.1. The topological polar surface area (TPSA) is 71.1 Å². The summed E-state index contributed by atoms with van der Waals surface area (Å²) in [6.07, 6.45) is 0.165. The van der Waals surface area contributed by atoms with Gasteiger partial charge in [-0.1, -0.05) is 47.1 Å². The molecular formula is C21H20ClN3O2S2. The lowest BCUT2D eigenvalue weighted by Gasteiger charge is -2.08. The summed E-state index contributed by atoms with van der Waals surface area (Å²) in [6.45, 7) is 3.91. The molecule has 0 aliphatic rings. The van der Waals surface area contributed by atoms with Crippen molar-refractivity contribution in [3.05, 3.63) is 69.7 Å². The molecule has 3 rings (SSSR count). The van der Waals surface area contributed by atoms with Crippen molar-refractivity contribution >= 4 is 57.9 Å². The molecule has 0 fully saturated rings. The van der Waals surface area contributed by atoms with Gasteiger partial charge in [-0.3, -0.25) is 9.59 Å². The number of nitrogens with zero attached hydrogens (tertiary/aromatic N) is 1. The molecule has 3 aromatic rings. The van der Waals surface area contributed by atoms with Gasteiger partial charge in [-0.25, -0.2) is 4.98 Å². The van der Waals surface area contributed by atoms with E-state index in [0.29, 0.717) is 16.4 Å². The summed E-state index contributed by atoms with van der Waals surface area (Å²) in [6, 6.07) is 13.0. The first-order valence-electron chi connectivity index (χ1n) is 8.89. The van der Waals surface area contributed by atoms with E-state index < -0.39 is 0 Å².